The lowest BCUT2D eigenvalue weighted by Gasteiger charge is -2.23. The fourth-order valence-corrected chi connectivity index (χ4v) is 3.14. The molecular weight excluding hydrogens is 348 g/mol. The summed E-state index contributed by atoms with van der Waals surface area (Å²) in [6, 6.07) is 5.84. The molecule has 27 heavy (non-hydrogen) atoms. The summed E-state index contributed by atoms with van der Waals surface area (Å²) in [5.41, 5.74) is -0.0106. The lowest BCUT2D eigenvalue weighted by Crippen LogP contribution is -2.45. The molecule has 0 spiro atoms. The fraction of sp³-hybridized carbons (Fsp3) is 0.474. The molecule has 1 aliphatic rings. The number of urea groups is 1. The van der Waals surface area contributed by atoms with E-state index in [-0.39, 0.29) is 18.4 Å². The number of hydrogen-bond donors (Lipinski definition) is 2. The third-order valence-corrected chi connectivity index (χ3v) is 4.29. The van der Waals surface area contributed by atoms with E-state index in [1.165, 1.54) is 4.90 Å². The molecule has 1 aromatic rings. The second-order valence-corrected chi connectivity index (χ2v) is 7.58. The average molecular weight is 374 g/mol. The SMILES string of the molecule is CC(C)C[C@]1(C)NC(=O)N(CC(=O)Nc2ccc(C(=O)N(C)C)cc2)C1=O. The lowest BCUT2D eigenvalue weighted by atomic mass is 9.91. The molecule has 1 heterocycles. The van der Waals surface area contributed by atoms with Crippen LogP contribution in [0.3, 0.4) is 0 Å². The second-order valence-electron chi connectivity index (χ2n) is 7.58. The van der Waals surface area contributed by atoms with Crippen LogP contribution < -0.4 is 10.6 Å². The van der Waals surface area contributed by atoms with E-state index in [1.807, 2.05) is 13.8 Å². The number of nitrogens with zero attached hydrogens (tertiary/aromatic N) is 2. The maximum absolute atomic E-state index is 12.6. The predicted octanol–water partition coefficient (Wildman–Crippen LogP) is 1.68. The molecular formula is C19H26N4O4. The Morgan fingerprint density at radius 1 is 1.19 bits per heavy atom. The number of carbonyl (C=O) groups excluding carboxylic acids is 4. The number of carbonyl (C=O) groups is 4. The van der Waals surface area contributed by atoms with Gasteiger partial charge >= 0.3 is 6.03 Å². The monoisotopic (exact) mass is 374 g/mol. The Bertz CT molecular complexity index is 757. The maximum Gasteiger partial charge on any atom is 0.325 e. The average Bonchev–Trinajstić information content (AvgIpc) is 2.77. The van der Waals surface area contributed by atoms with Crippen LogP contribution in [0.2, 0.25) is 0 Å². The van der Waals surface area contributed by atoms with Crippen molar-refractivity contribution in [1.82, 2.24) is 15.1 Å². The first kappa shape index (κ1) is 20.4. The summed E-state index contributed by atoms with van der Waals surface area (Å²) in [6.07, 6.45) is 0.497. The zero-order valence-corrected chi connectivity index (χ0v) is 16.3. The Kier molecular flexibility index (Phi) is 5.88. The van der Waals surface area contributed by atoms with Gasteiger partial charge in [0.05, 0.1) is 0 Å². The molecule has 8 heteroatoms. The van der Waals surface area contributed by atoms with Crippen molar-refractivity contribution in [3.8, 4) is 0 Å². The van der Waals surface area contributed by atoms with Gasteiger partial charge in [0.2, 0.25) is 5.91 Å². The molecule has 0 saturated carbocycles. The molecule has 8 nitrogen and oxygen atoms in total. The van der Waals surface area contributed by atoms with E-state index in [2.05, 4.69) is 10.6 Å². The van der Waals surface area contributed by atoms with Crippen LogP contribution in [-0.2, 0) is 9.59 Å². The van der Waals surface area contributed by atoms with Gasteiger partial charge in [-0.1, -0.05) is 13.8 Å². The van der Waals surface area contributed by atoms with E-state index in [9.17, 15) is 19.2 Å². The normalized spacial score (nSPS) is 19.3. The Morgan fingerprint density at radius 3 is 2.30 bits per heavy atom. The van der Waals surface area contributed by atoms with Gasteiger partial charge in [0.15, 0.2) is 0 Å². The van der Waals surface area contributed by atoms with Gasteiger partial charge in [0, 0.05) is 25.3 Å². The summed E-state index contributed by atoms with van der Waals surface area (Å²) in [5, 5.41) is 5.31. The molecule has 1 aromatic carbocycles. The summed E-state index contributed by atoms with van der Waals surface area (Å²) in [4.78, 5) is 51.2. The van der Waals surface area contributed by atoms with Crippen molar-refractivity contribution in [1.29, 1.82) is 0 Å². The molecule has 0 aromatic heterocycles. The van der Waals surface area contributed by atoms with E-state index in [4.69, 9.17) is 0 Å². The van der Waals surface area contributed by atoms with Crippen molar-refractivity contribution in [2.75, 3.05) is 26.0 Å². The Balaban J connectivity index is 2.00. The standard InChI is InChI=1S/C19H26N4O4/c1-12(2)10-19(3)17(26)23(18(27)21-19)11-15(24)20-14-8-6-13(7-9-14)16(25)22(4)5/h6-9,12H,10-11H2,1-5H3,(H,20,24)(H,21,27)/t19-/m0/s1. The molecule has 1 saturated heterocycles. The third-order valence-electron chi connectivity index (χ3n) is 4.29. The molecule has 0 aliphatic carbocycles. The van der Waals surface area contributed by atoms with Gasteiger partial charge in [-0.15, -0.1) is 0 Å². The van der Waals surface area contributed by atoms with Gasteiger partial charge in [-0.3, -0.25) is 19.3 Å². The van der Waals surface area contributed by atoms with Crippen LogP contribution in [0, 0.1) is 5.92 Å². The largest absolute Gasteiger partial charge is 0.345 e. The van der Waals surface area contributed by atoms with Crippen molar-refractivity contribution < 1.29 is 19.2 Å². The van der Waals surface area contributed by atoms with E-state index in [0.717, 1.165) is 4.90 Å². The smallest absolute Gasteiger partial charge is 0.325 e. The van der Waals surface area contributed by atoms with Crippen molar-refractivity contribution in [2.24, 2.45) is 5.92 Å². The van der Waals surface area contributed by atoms with E-state index < -0.39 is 23.4 Å². The number of rotatable bonds is 6. The molecule has 5 amide bonds. The molecule has 1 aliphatic heterocycles. The van der Waals surface area contributed by atoms with Crippen LogP contribution in [0.4, 0.5) is 10.5 Å². The molecule has 2 N–H and O–H groups in total. The number of hydrogen-bond acceptors (Lipinski definition) is 4. The lowest BCUT2D eigenvalue weighted by molar-refractivity contribution is -0.133. The van der Waals surface area contributed by atoms with Crippen LogP contribution in [0.25, 0.3) is 0 Å². The first-order valence-corrected chi connectivity index (χ1v) is 8.79. The zero-order chi connectivity index (χ0) is 20.4. The Labute approximate surface area is 158 Å². The first-order valence-electron chi connectivity index (χ1n) is 8.79. The van der Waals surface area contributed by atoms with Gasteiger partial charge in [0.25, 0.3) is 11.8 Å². The van der Waals surface area contributed by atoms with Crippen molar-refractivity contribution in [3.05, 3.63) is 29.8 Å². The van der Waals surface area contributed by atoms with Gasteiger partial charge < -0.3 is 15.5 Å². The minimum absolute atomic E-state index is 0.142. The van der Waals surface area contributed by atoms with Gasteiger partial charge in [-0.2, -0.15) is 0 Å². The molecule has 0 radical (unpaired) electrons. The summed E-state index contributed by atoms with van der Waals surface area (Å²) < 4.78 is 0. The highest BCUT2D eigenvalue weighted by Gasteiger charge is 2.48. The first-order chi connectivity index (χ1) is 12.5. The molecule has 0 unspecified atom stereocenters. The Hall–Kier alpha value is -2.90. The van der Waals surface area contributed by atoms with Gasteiger partial charge in [-0.05, 0) is 43.5 Å². The maximum atomic E-state index is 12.6. The Morgan fingerprint density at radius 2 is 1.78 bits per heavy atom. The topological polar surface area (TPSA) is 98.8 Å². The third kappa shape index (κ3) is 4.64. The van der Waals surface area contributed by atoms with Crippen molar-refractivity contribution in [3.63, 3.8) is 0 Å². The molecule has 0 bridgehead atoms. The van der Waals surface area contributed by atoms with Crippen molar-refractivity contribution >= 4 is 29.4 Å². The number of benzene rings is 1. The summed E-state index contributed by atoms with van der Waals surface area (Å²) >= 11 is 0. The number of imide groups is 1. The summed E-state index contributed by atoms with van der Waals surface area (Å²) in [7, 11) is 3.31. The minimum Gasteiger partial charge on any atom is -0.345 e. The number of amides is 5. The fourth-order valence-electron chi connectivity index (χ4n) is 3.14. The van der Waals surface area contributed by atoms with E-state index in [1.54, 1.807) is 45.3 Å². The molecule has 1 fully saturated rings. The predicted molar refractivity (Wildman–Crippen MR) is 101 cm³/mol. The molecule has 146 valence electrons. The zero-order valence-electron chi connectivity index (χ0n) is 16.3. The van der Waals surface area contributed by atoms with Crippen LogP contribution in [-0.4, -0.2) is 59.7 Å². The number of nitrogens with one attached hydrogen (secondary N) is 2. The minimum atomic E-state index is -0.986. The number of anilines is 1. The quantitative estimate of drug-likeness (QED) is 0.740. The summed E-state index contributed by atoms with van der Waals surface area (Å²) in [6.45, 7) is 5.23. The second kappa shape index (κ2) is 7.77. The highest BCUT2D eigenvalue weighted by Crippen LogP contribution is 2.24. The molecule has 1 atom stereocenters. The van der Waals surface area contributed by atoms with Crippen LogP contribution in [0.15, 0.2) is 24.3 Å². The van der Waals surface area contributed by atoms with E-state index >= 15 is 0 Å². The van der Waals surface area contributed by atoms with Crippen LogP contribution in [0.1, 0.15) is 37.6 Å². The van der Waals surface area contributed by atoms with Crippen LogP contribution in [0.5, 0.6) is 0 Å². The highest BCUT2D eigenvalue weighted by atomic mass is 16.2. The van der Waals surface area contributed by atoms with Gasteiger partial charge in [0.1, 0.15) is 12.1 Å². The van der Waals surface area contributed by atoms with Crippen LogP contribution >= 0.6 is 0 Å². The van der Waals surface area contributed by atoms with Gasteiger partial charge in [-0.25, -0.2) is 4.79 Å². The molecule has 2 rings (SSSR count). The van der Waals surface area contributed by atoms with Crippen molar-refractivity contribution in [2.45, 2.75) is 32.7 Å². The summed E-state index contributed by atoms with van der Waals surface area (Å²) in [5.74, 6) is -0.810. The highest BCUT2D eigenvalue weighted by molar-refractivity contribution is 6.10. The van der Waals surface area contributed by atoms with E-state index in [0.29, 0.717) is 17.7 Å².